The van der Waals surface area contributed by atoms with Crippen molar-refractivity contribution >= 4 is 10.9 Å². The Bertz CT molecular complexity index is 532. The lowest BCUT2D eigenvalue weighted by molar-refractivity contribution is 0.327. The number of aromatic nitrogens is 1. The summed E-state index contributed by atoms with van der Waals surface area (Å²) < 4.78 is 5.55. The number of aryl methyl sites for hydroxylation is 1. The van der Waals surface area contributed by atoms with Crippen LogP contribution in [-0.4, -0.2) is 11.6 Å². The van der Waals surface area contributed by atoms with Crippen LogP contribution in [0.25, 0.3) is 10.9 Å². The predicted molar refractivity (Wildman–Crippen MR) is 71.7 cm³/mol. The third-order valence-electron chi connectivity index (χ3n) is 2.96. The van der Waals surface area contributed by atoms with Crippen molar-refractivity contribution in [1.29, 1.82) is 0 Å². The molecular formula is C15H19NO. The highest BCUT2D eigenvalue weighted by Crippen LogP contribution is 2.29. The highest BCUT2D eigenvalue weighted by Gasteiger charge is 2.10. The number of hydrogen-bond acceptors (Lipinski definition) is 2. The first-order valence-corrected chi connectivity index (χ1v) is 6.16. The van der Waals surface area contributed by atoms with Gasteiger partial charge in [0, 0.05) is 11.5 Å². The first-order chi connectivity index (χ1) is 8.13. The van der Waals surface area contributed by atoms with Gasteiger partial charge in [0.25, 0.3) is 0 Å². The Kier molecular flexibility index (Phi) is 3.32. The molecule has 1 aromatic heterocycles. The molecule has 0 unspecified atom stereocenters. The van der Waals surface area contributed by atoms with E-state index in [4.69, 9.17) is 4.74 Å². The Morgan fingerprint density at radius 1 is 1.29 bits per heavy atom. The fourth-order valence-electron chi connectivity index (χ4n) is 2.09. The molecule has 0 saturated heterocycles. The van der Waals surface area contributed by atoms with Crippen molar-refractivity contribution < 1.29 is 4.74 Å². The van der Waals surface area contributed by atoms with Gasteiger partial charge in [0.15, 0.2) is 0 Å². The van der Waals surface area contributed by atoms with Crippen LogP contribution in [0.4, 0.5) is 0 Å². The molecule has 0 amide bonds. The van der Waals surface area contributed by atoms with Gasteiger partial charge in [-0.15, -0.1) is 0 Å². The Morgan fingerprint density at radius 3 is 2.71 bits per heavy atom. The molecule has 0 fully saturated rings. The van der Waals surface area contributed by atoms with E-state index in [1.54, 1.807) is 0 Å². The van der Waals surface area contributed by atoms with Gasteiger partial charge < -0.3 is 4.74 Å². The monoisotopic (exact) mass is 229 g/mol. The van der Waals surface area contributed by atoms with E-state index in [0.717, 1.165) is 11.4 Å². The second-order valence-corrected chi connectivity index (χ2v) is 4.61. The van der Waals surface area contributed by atoms with Crippen molar-refractivity contribution in [1.82, 2.24) is 4.98 Å². The van der Waals surface area contributed by atoms with E-state index in [1.807, 2.05) is 6.92 Å². The van der Waals surface area contributed by atoms with Crippen molar-refractivity contribution in [2.75, 3.05) is 6.61 Å². The molecule has 90 valence electrons. The molecule has 0 saturated carbocycles. The molecule has 0 aliphatic heterocycles. The summed E-state index contributed by atoms with van der Waals surface area (Å²) in [6.45, 7) is 9.13. The van der Waals surface area contributed by atoms with Gasteiger partial charge in [-0.2, -0.15) is 0 Å². The Labute approximate surface area is 103 Å². The van der Waals surface area contributed by atoms with E-state index < -0.39 is 0 Å². The minimum Gasteiger partial charge on any atom is -0.478 e. The van der Waals surface area contributed by atoms with E-state index in [1.165, 1.54) is 16.5 Å². The number of rotatable bonds is 3. The maximum absolute atomic E-state index is 5.55. The molecule has 2 nitrogen and oxygen atoms in total. The summed E-state index contributed by atoms with van der Waals surface area (Å²) in [6.07, 6.45) is 0. The van der Waals surface area contributed by atoms with Crippen molar-refractivity contribution in [2.45, 2.75) is 33.6 Å². The maximum atomic E-state index is 5.55. The van der Waals surface area contributed by atoms with E-state index in [9.17, 15) is 0 Å². The summed E-state index contributed by atoms with van der Waals surface area (Å²) in [6, 6.07) is 8.39. The number of pyridine rings is 1. The van der Waals surface area contributed by atoms with Gasteiger partial charge in [0.1, 0.15) is 0 Å². The van der Waals surface area contributed by atoms with Crippen LogP contribution in [0.3, 0.4) is 0 Å². The Hall–Kier alpha value is -1.57. The molecule has 0 atom stereocenters. The second kappa shape index (κ2) is 4.74. The van der Waals surface area contributed by atoms with Gasteiger partial charge in [0.05, 0.1) is 12.1 Å². The van der Waals surface area contributed by atoms with Crippen LogP contribution >= 0.6 is 0 Å². The van der Waals surface area contributed by atoms with Gasteiger partial charge in [-0.1, -0.05) is 32.0 Å². The van der Waals surface area contributed by atoms with Gasteiger partial charge in [0.2, 0.25) is 5.88 Å². The van der Waals surface area contributed by atoms with E-state index in [-0.39, 0.29) is 0 Å². The number of fused-ring (bicyclic) bond motifs is 1. The minimum absolute atomic E-state index is 0.474. The molecule has 0 bridgehead atoms. The highest BCUT2D eigenvalue weighted by atomic mass is 16.5. The number of nitrogens with zero attached hydrogens (tertiary/aromatic N) is 1. The number of benzene rings is 1. The summed E-state index contributed by atoms with van der Waals surface area (Å²) in [7, 11) is 0. The smallest absolute Gasteiger partial charge is 0.214 e. The lowest BCUT2D eigenvalue weighted by Gasteiger charge is -2.13. The summed E-state index contributed by atoms with van der Waals surface area (Å²) in [4.78, 5) is 4.59. The molecule has 1 aromatic carbocycles. The third-order valence-corrected chi connectivity index (χ3v) is 2.96. The number of hydrogen-bond donors (Lipinski definition) is 0. The molecule has 0 N–H and O–H groups in total. The van der Waals surface area contributed by atoms with E-state index in [0.29, 0.717) is 12.5 Å². The zero-order valence-electron chi connectivity index (χ0n) is 10.9. The average molecular weight is 229 g/mol. The lowest BCUT2D eigenvalue weighted by Crippen LogP contribution is -1.99. The topological polar surface area (TPSA) is 22.1 Å². The molecule has 2 rings (SSSR count). The average Bonchev–Trinajstić information content (AvgIpc) is 2.29. The Morgan fingerprint density at radius 2 is 2.06 bits per heavy atom. The van der Waals surface area contributed by atoms with Gasteiger partial charge in [-0.05, 0) is 30.9 Å². The van der Waals surface area contributed by atoms with Crippen molar-refractivity contribution in [2.24, 2.45) is 0 Å². The molecule has 0 spiro atoms. The van der Waals surface area contributed by atoms with Crippen LogP contribution in [0, 0.1) is 6.92 Å². The number of ether oxygens (including phenoxy) is 1. The SMILES string of the molecule is CCOc1cc(C(C)C)c2cccc(C)c2n1. The van der Waals surface area contributed by atoms with E-state index >= 15 is 0 Å². The zero-order valence-corrected chi connectivity index (χ0v) is 10.9. The number of para-hydroxylation sites is 1. The van der Waals surface area contributed by atoms with Gasteiger partial charge in [-0.25, -0.2) is 4.98 Å². The summed E-state index contributed by atoms with van der Waals surface area (Å²) in [5.41, 5.74) is 3.57. The van der Waals surface area contributed by atoms with E-state index in [2.05, 4.69) is 50.0 Å². The molecule has 0 aliphatic carbocycles. The minimum atomic E-state index is 0.474. The Balaban J connectivity index is 2.72. The van der Waals surface area contributed by atoms with Crippen molar-refractivity contribution in [3.8, 4) is 5.88 Å². The largest absolute Gasteiger partial charge is 0.478 e. The fraction of sp³-hybridized carbons (Fsp3) is 0.400. The molecule has 0 aliphatic rings. The maximum Gasteiger partial charge on any atom is 0.214 e. The fourth-order valence-corrected chi connectivity index (χ4v) is 2.09. The normalized spacial score (nSPS) is 11.1. The first-order valence-electron chi connectivity index (χ1n) is 6.16. The molecule has 1 heterocycles. The lowest BCUT2D eigenvalue weighted by atomic mass is 9.97. The third kappa shape index (κ3) is 2.26. The standard InChI is InChI=1S/C15H19NO/c1-5-17-14-9-13(10(2)3)12-8-6-7-11(4)15(12)16-14/h6-10H,5H2,1-4H3. The molecular weight excluding hydrogens is 210 g/mol. The van der Waals surface area contributed by atoms with Crippen LogP contribution < -0.4 is 4.74 Å². The predicted octanol–water partition coefficient (Wildman–Crippen LogP) is 4.07. The van der Waals surface area contributed by atoms with Crippen LogP contribution in [0.15, 0.2) is 24.3 Å². The van der Waals surface area contributed by atoms with Crippen LogP contribution in [-0.2, 0) is 0 Å². The molecule has 2 heteroatoms. The molecule has 17 heavy (non-hydrogen) atoms. The van der Waals surface area contributed by atoms with Crippen LogP contribution in [0.2, 0.25) is 0 Å². The van der Waals surface area contributed by atoms with Crippen LogP contribution in [0.1, 0.15) is 37.8 Å². The van der Waals surface area contributed by atoms with Crippen LogP contribution in [0.5, 0.6) is 5.88 Å². The molecule has 0 radical (unpaired) electrons. The first kappa shape index (κ1) is 11.9. The highest BCUT2D eigenvalue weighted by molar-refractivity contribution is 5.86. The molecule has 2 aromatic rings. The quantitative estimate of drug-likeness (QED) is 0.791. The zero-order chi connectivity index (χ0) is 12.4. The van der Waals surface area contributed by atoms with Crippen molar-refractivity contribution in [3.05, 3.63) is 35.4 Å². The van der Waals surface area contributed by atoms with Gasteiger partial charge >= 0.3 is 0 Å². The second-order valence-electron chi connectivity index (χ2n) is 4.61. The summed E-state index contributed by atoms with van der Waals surface area (Å²) >= 11 is 0. The van der Waals surface area contributed by atoms with Gasteiger partial charge in [-0.3, -0.25) is 0 Å². The van der Waals surface area contributed by atoms with Crippen molar-refractivity contribution in [3.63, 3.8) is 0 Å². The summed E-state index contributed by atoms with van der Waals surface area (Å²) in [5.74, 6) is 1.21. The summed E-state index contributed by atoms with van der Waals surface area (Å²) in [5, 5.41) is 1.24.